The minimum Gasteiger partial charge on any atom is -0.481 e. The van der Waals surface area contributed by atoms with Crippen molar-refractivity contribution in [2.45, 2.75) is 6.92 Å². The van der Waals surface area contributed by atoms with Crippen LogP contribution in [-0.2, 0) is 9.59 Å². The maximum absolute atomic E-state index is 12.8. The van der Waals surface area contributed by atoms with Crippen molar-refractivity contribution in [3.63, 3.8) is 0 Å². The number of benzene rings is 2. The number of nitrogens with zero attached hydrogens (tertiary/aromatic N) is 1. The number of halogens is 1. The van der Waals surface area contributed by atoms with Crippen molar-refractivity contribution < 1.29 is 19.4 Å². The number of para-hydroxylation sites is 1. The maximum atomic E-state index is 12.8. The molecule has 0 bridgehead atoms. The van der Waals surface area contributed by atoms with E-state index in [9.17, 15) is 9.59 Å². The molecule has 8 heteroatoms. The number of amides is 1. The summed E-state index contributed by atoms with van der Waals surface area (Å²) in [6.07, 6.45) is 1.59. The third-order valence-electron chi connectivity index (χ3n) is 3.79. The number of hydrogen-bond donors (Lipinski definition) is 2. The van der Waals surface area contributed by atoms with Crippen molar-refractivity contribution in [1.29, 1.82) is 5.41 Å². The number of amidine groups is 1. The number of nitrogens with one attached hydrogen (secondary N) is 1. The van der Waals surface area contributed by atoms with E-state index in [1.165, 1.54) is 4.90 Å². The summed E-state index contributed by atoms with van der Waals surface area (Å²) >= 11 is 7.16. The van der Waals surface area contributed by atoms with Gasteiger partial charge in [-0.25, -0.2) is 4.79 Å². The van der Waals surface area contributed by atoms with Crippen molar-refractivity contribution >= 4 is 52.2 Å². The number of carbonyl (C=O) groups excluding carboxylic acids is 1. The summed E-state index contributed by atoms with van der Waals surface area (Å²) in [4.78, 5) is 25.2. The van der Waals surface area contributed by atoms with Crippen molar-refractivity contribution in [2.24, 2.45) is 0 Å². The van der Waals surface area contributed by atoms with E-state index in [4.69, 9.17) is 26.9 Å². The highest BCUT2D eigenvalue weighted by atomic mass is 35.5. The summed E-state index contributed by atoms with van der Waals surface area (Å²) in [5.74, 6) is -1.09. The van der Waals surface area contributed by atoms with E-state index in [2.05, 4.69) is 0 Å². The van der Waals surface area contributed by atoms with Gasteiger partial charge in [-0.2, -0.15) is 0 Å². The number of carboxylic acid groups (broad SMARTS) is 1. The third-order valence-corrected chi connectivity index (χ3v) is 5.09. The molecule has 0 spiro atoms. The summed E-state index contributed by atoms with van der Waals surface area (Å²) in [5.41, 5.74) is 1.96. The van der Waals surface area contributed by atoms with Gasteiger partial charge in [0.15, 0.2) is 11.8 Å². The minimum atomic E-state index is -1.09. The van der Waals surface area contributed by atoms with Crippen LogP contribution >= 0.6 is 23.4 Å². The van der Waals surface area contributed by atoms with Gasteiger partial charge in [0.25, 0.3) is 5.91 Å². The summed E-state index contributed by atoms with van der Waals surface area (Å²) < 4.78 is 5.26. The van der Waals surface area contributed by atoms with E-state index in [1.807, 2.05) is 6.92 Å². The summed E-state index contributed by atoms with van der Waals surface area (Å²) in [6, 6.07) is 12.0. The first kappa shape index (κ1) is 19.0. The Labute approximate surface area is 164 Å². The van der Waals surface area contributed by atoms with Gasteiger partial charge in [0.2, 0.25) is 0 Å². The van der Waals surface area contributed by atoms with Crippen LogP contribution < -0.4 is 9.64 Å². The third kappa shape index (κ3) is 4.15. The molecule has 0 radical (unpaired) electrons. The van der Waals surface area contributed by atoms with Gasteiger partial charge in [0.1, 0.15) is 5.75 Å². The molecule has 1 fully saturated rings. The Morgan fingerprint density at radius 3 is 2.78 bits per heavy atom. The van der Waals surface area contributed by atoms with E-state index in [-0.39, 0.29) is 11.1 Å². The number of anilines is 1. The van der Waals surface area contributed by atoms with Crippen molar-refractivity contribution in [3.8, 4) is 5.75 Å². The lowest BCUT2D eigenvalue weighted by atomic mass is 10.1. The fourth-order valence-electron chi connectivity index (χ4n) is 2.45. The number of aliphatic carboxylic acids is 1. The molecule has 1 amide bonds. The van der Waals surface area contributed by atoms with Crippen LogP contribution in [0.25, 0.3) is 6.08 Å². The number of aryl methyl sites for hydroxylation is 1. The molecule has 1 aliphatic heterocycles. The molecule has 1 saturated heterocycles. The molecule has 0 aliphatic carbocycles. The SMILES string of the molecule is Cc1ccc(N2C(=N)SC(=Cc3ccccc3OCC(=O)O)C2=O)cc1Cl. The molecular formula is C19H15ClN2O4S. The predicted octanol–water partition coefficient (Wildman–Crippen LogP) is 4.17. The molecule has 138 valence electrons. The van der Waals surface area contributed by atoms with E-state index in [0.29, 0.717) is 26.9 Å². The number of rotatable bonds is 5. The van der Waals surface area contributed by atoms with E-state index in [1.54, 1.807) is 48.5 Å². The minimum absolute atomic E-state index is 0.0649. The Hall–Kier alpha value is -2.77. The Bertz CT molecular complexity index is 974. The topological polar surface area (TPSA) is 90.7 Å². The van der Waals surface area contributed by atoms with Crippen LogP contribution in [0.15, 0.2) is 47.4 Å². The molecule has 2 aromatic rings. The molecular weight excluding hydrogens is 388 g/mol. The number of thioether (sulfide) groups is 1. The highest BCUT2D eigenvalue weighted by Crippen LogP contribution is 2.37. The second-order valence-corrected chi connectivity index (χ2v) is 7.15. The molecule has 2 aromatic carbocycles. The fraction of sp³-hybridized carbons (Fsp3) is 0.105. The van der Waals surface area contributed by atoms with Gasteiger partial charge in [-0.1, -0.05) is 35.9 Å². The number of carbonyl (C=O) groups is 2. The average Bonchev–Trinajstić information content (AvgIpc) is 2.90. The zero-order valence-corrected chi connectivity index (χ0v) is 15.8. The zero-order chi connectivity index (χ0) is 19.6. The predicted molar refractivity (Wildman–Crippen MR) is 107 cm³/mol. The van der Waals surface area contributed by atoms with Gasteiger partial charge in [0.05, 0.1) is 10.6 Å². The standard InChI is InChI=1S/C19H15ClN2O4S/c1-11-6-7-13(9-14(11)20)22-18(25)16(27-19(22)21)8-12-4-2-3-5-15(12)26-10-17(23)24/h2-9,21H,10H2,1H3,(H,23,24). The smallest absolute Gasteiger partial charge is 0.341 e. The van der Waals surface area contributed by atoms with Crippen LogP contribution in [0, 0.1) is 12.3 Å². The van der Waals surface area contributed by atoms with Crippen LogP contribution in [-0.4, -0.2) is 28.8 Å². The largest absolute Gasteiger partial charge is 0.481 e. The molecule has 0 atom stereocenters. The highest BCUT2D eigenvalue weighted by molar-refractivity contribution is 8.19. The Kier molecular flexibility index (Phi) is 5.53. The van der Waals surface area contributed by atoms with Crippen LogP contribution in [0.2, 0.25) is 5.02 Å². The Morgan fingerprint density at radius 1 is 1.33 bits per heavy atom. The van der Waals surface area contributed by atoms with Gasteiger partial charge in [-0.05, 0) is 48.5 Å². The summed E-state index contributed by atoms with van der Waals surface area (Å²) in [5, 5.41) is 17.5. The van der Waals surface area contributed by atoms with Crippen molar-refractivity contribution in [3.05, 3.63) is 63.5 Å². The van der Waals surface area contributed by atoms with Crippen LogP contribution in [0.5, 0.6) is 5.75 Å². The van der Waals surface area contributed by atoms with Crippen LogP contribution in [0.4, 0.5) is 5.69 Å². The first-order valence-corrected chi connectivity index (χ1v) is 9.08. The quantitative estimate of drug-likeness (QED) is 0.732. The lowest BCUT2D eigenvalue weighted by Crippen LogP contribution is -2.28. The number of carboxylic acids is 1. The summed E-state index contributed by atoms with van der Waals surface area (Å²) in [6.45, 7) is 1.38. The molecule has 0 aromatic heterocycles. The first-order valence-electron chi connectivity index (χ1n) is 7.89. The molecule has 27 heavy (non-hydrogen) atoms. The second-order valence-electron chi connectivity index (χ2n) is 5.71. The number of hydrogen-bond acceptors (Lipinski definition) is 5. The van der Waals surface area contributed by atoms with Crippen LogP contribution in [0.3, 0.4) is 0 Å². The van der Waals surface area contributed by atoms with E-state index < -0.39 is 12.6 Å². The van der Waals surface area contributed by atoms with Gasteiger partial charge >= 0.3 is 5.97 Å². The Balaban J connectivity index is 1.91. The maximum Gasteiger partial charge on any atom is 0.341 e. The van der Waals surface area contributed by atoms with Crippen molar-refractivity contribution in [1.82, 2.24) is 0 Å². The van der Waals surface area contributed by atoms with Gasteiger partial charge < -0.3 is 9.84 Å². The molecule has 1 aliphatic rings. The lowest BCUT2D eigenvalue weighted by Gasteiger charge is -2.15. The molecule has 3 rings (SSSR count). The summed E-state index contributed by atoms with van der Waals surface area (Å²) in [7, 11) is 0. The second kappa shape index (κ2) is 7.85. The molecule has 0 saturated carbocycles. The number of ether oxygens (including phenoxy) is 1. The van der Waals surface area contributed by atoms with E-state index in [0.717, 1.165) is 17.3 Å². The van der Waals surface area contributed by atoms with Crippen LogP contribution in [0.1, 0.15) is 11.1 Å². The molecule has 1 heterocycles. The van der Waals surface area contributed by atoms with Gasteiger partial charge in [0, 0.05) is 10.6 Å². The monoisotopic (exact) mass is 402 g/mol. The molecule has 2 N–H and O–H groups in total. The lowest BCUT2D eigenvalue weighted by molar-refractivity contribution is -0.139. The fourth-order valence-corrected chi connectivity index (χ4v) is 3.48. The molecule has 6 nitrogen and oxygen atoms in total. The van der Waals surface area contributed by atoms with Crippen molar-refractivity contribution in [2.75, 3.05) is 11.5 Å². The van der Waals surface area contributed by atoms with E-state index >= 15 is 0 Å². The first-order chi connectivity index (χ1) is 12.9. The normalized spacial score (nSPS) is 15.5. The van der Waals surface area contributed by atoms with Gasteiger partial charge in [-0.3, -0.25) is 15.1 Å². The highest BCUT2D eigenvalue weighted by Gasteiger charge is 2.34. The van der Waals surface area contributed by atoms with Gasteiger partial charge in [-0.15, -0.1) is 0 Å². The Morgan fingerprint density at radius 2 is 2.07 bits per heavy atom. The zero-order valence-electron chi connectivity index (χ0n) is 14.2. The molecule has 0 unspecified atom stereocenters. The average molecular weight is 403 g/mol.